The van der Waals surface area contributed by atoms with Gasteiger partial charge >= 0.3 is 0 Å². The number of rotatable bonds is 4. The summed E-state index contributed by atoms with van der Waals surface area (Å²) in [7, 11) is 0. The molecule has 4 heteroatoms. The van der Waals surface area contributed by atoms with Gasteiger partial charge in [0.2, 0.25) is 5.91 Å². The van der Waals surface area contributed by atoms with Crippen molar-refractivity contribution in [1.29, 1.82) is 0 Å². The number of hydrogen-bond acceptors (Lipinski definition) is 3. The quantitative estimate of drug-likeness (QED) is 0.710. The summed E-state index contributed by atoms with van der Waals surface area (Å²) in [6.45, 7) is 2.64. The molecule has 0 bridgehead atoms. The predicted octanol–water partition coefficient (Wildman–Crippen LogP) is 0.424. The fraction of sp³-hybridized carbons (Fsp3) is 0.909. The molecule has 1 amide bonds. The van der Waals surface area contributed by atoms with Gasteiger partial charge in [-0.15, -0.1) is 0 Å². The third-order valence-electron chi connectivity index (χ3n) is 3.18. The van der Waals surface area contributed by atoms with Gasteiger partial charge in [0.1, 0.15) is 6.10 Å². The summed E-state index contributed by atoms with van der Waals surface area (Å²) in [5, 5.41) is 6.36. The summed E-state index contributed by atoms with van der Waals surface area (Å²) in [5.41, 5.74) is 0. The Morgan fingerprint density at radius 2 is 2.33 bits per heavy atom. The number of ether oxygens (including phenoxy) is 1. The van der Waals surface area contributed by atoms with Crippen molar-refractivity contribution in [2.75, 3.05) is 19.7 Å². The number of amides is 1. The normalized spacial score (nSPS) is 30.7. The minimum atomic E-state index is -0.179. The van der Waals surface area contributed by atoms with E-state index in [9.17, 15) is 4.79 Å². The maximum Gasteiger partial charge on any atom is 0.249 e. The van der Waals surface area contributed by atoms with E-state index in [0.717, 1.165) is 39.0 Å². The van der Waals surface area contributed by atoms with Gasteiger partial charge in [0.15, 0.2) is 0 Å². The Balaban J connectivity index is 1.58. The Kier molecular flexibility index (Phi) is 3.97. The van der Waals surface area contributed by atoms with Gasteiger partial charge in [0.25, 0.3) is 0 Å². The second-order valence-electron chi connectivity index (χ2n) is 4.37. The lowest BCUT2D eigenvalue weighted by Gasteiger charge is -2.13. The zero-order chi connectivity index (χ0) is 10.5. The molecular weight excluding hydrogens is 192 g/mol. The van der Waals surface area contributed by atoms with E-state index >= 15 is 0 Å². The Bertz CT molecular complexity index is 209. The van der Waals surface area contributed by atoms with Crippen molar-refractivity contribution in [1.82, 2.24) is 10.6 Å². The van der Waals surface area contributed by atoms with Crippen LogP contribution in [0.1, 0.15) is 32.1 Å². The first-order valence-corrected chi connectivity index (χ1v) is 5.99. The van der Waals surface area contributed by atoms with E-state index in [2.05, 4.69) is 10.6 Å². The first-order chi connectivity index (χ1) is 7.36. The predicted molar refractivity (Wildman–Crippen MR) is 57.6 cm³/mol. The number of hydrogen-bond donors (Lipinski definition) is 2. The van der Waals surface area contributed by atoms with Gasteiger partial charge in [-0.05, 0) is 38.6 Å². The van der Waals surface area contributed by atoms with Crippen LogP contribution < -0.4 is 10.6 Å². The molecule has 2 N–H and O–H groups in total. The Labute approximate surface area is 90.8 Å². The summed E-state index contributed by atoms with van der Waals surface area (Å²) >= 11 is 0. The number of nitrogens with one attached hydrogen (secondary N) is 2. The van der Waals surface area contributed by atoms with Crippen molar-refractivity contribution in [3.63, 3.8) is 0 Å². The molecule has 2 aliphatic rings. The lowest BCUT2D eigenvalue weighted by molar-refractivity contribution is -0.130. The molecule has 0 spiro atoms. The highest BCUT2D eigenvalue weighted by Crippen LogP contribution is 2.12. The lowest BCUT2D eigenvalue weighted by atomic mass is 10.1. The molecule has 0 aromatic rings. The maximum atomic E-state index is 11.6. The summed E-state index contributed by atoms with van der Waals surface area (Å²) in [5.74, 6) is 0.0745. The third-order valence-corrected chi connectivity index (χ3v) is 3.18. The van der Waals surface area contributed by atoms with E-state index in [1.165, 1.54) is 12.8 Å². The molecule has 0 radical (unpaired) electrons. The van der Waals surface area contributed by atoms with Crippen LogP contribution in [0.5, 0.6) is 0 Å². The topological polar surface area (TPSA) is 50.4 Å². The highest BCUT2D eigenvalue weighted by molar-refractivity contribution is 5.80. The Morgan fingerprint density at radius 3 is 3.00 bits per heavy atom. The second-order valence-corrected chi connectivity index (χ2v) is 4.37. The maximum absolute atomic E-state index is 11.6. The van der Waals surface area contributed by atoms with E-state index < -0.39 is 0 Å². The van der Waals surface area contributed by atoms with Gasteiger partial charge in [-0.1, -0.05) is 0 Å². The first kappa shape index (κ1) is 10.9. The summed E-state index contributed by atoms with van der Waals surface area (Å²) in [6, 6.07) is 0.606. The molecule has 86 valence electrons. The molecule has 2 heterocycles. The van der Waals surface area contributed by atoms with Crippen molar-refractivity contribution in [2.24, 2.45) is 0 Å². The fourth-order valence-corrected chi connectivity index (χ4v) is 2.27. The summed E-state index contributed by atoms with van der Waals surface area (Å²) in [4.78, 5) is 11.6. The largest absolute Gasteiger partial charge is 0.368 e. The molecule has 0 aromatic heterocycles. The molecule has 2 saturated heterocycles. The van der Waals surface area contributed by atoms with Crippen molar-refractivity contribution in [2.45, 2.75) is 44.2 Å². The minimum Gasteiger partial charge on any atom is -0.368 e. The third kappa shape index (κ3) is 3.18. The van der Waals surface area contributed by atoms with E-state index in [0.29, 0.717) is 6.04 Å². The molecule has 4 nitrogen and oxygen atoms in total. The van der Waals surface area contributed by atoms with Crippen LogP contribution in [-0.2, 0) is 9.53 Å². The van der Waals surface area contributed by atoms with Crippen LogP contribution in [0.25, 0.3) is 0 Å². The first-order valence-electron chi connectivity index (χ1n) is 5.99. The zero-order valence-electron chi connectivity index (χ0n) is 9.13. The van der Waals surface area contributed by atoms with Crippen molar-refractivity contribution < 1.29 is 9.53 Å². The highest BCUT2D eigenvalue weighted by Gasteiger charge is 2.23. The van der Waals surface area contributed by atoms with Crippen LogP contribution in [-0.4, -0.2) is 37.7 Å². The molecule has 2 atom stereocenters. The molecular formula is C11H20N2O2. The molecule has 2 aliphatic heterocycles. The van der Waals surface area contributed by atoms with Crippen LogP contribution in [0.4, 0.5) is 0 Å². The zero-order valence-corrected chi connectivity index (χ0v) is 9.13. The lowest BCUT2D eigenvalue weighted by Crippen LogP contribution is -2.36. The standard InChI is InChI=1S/C11H20N2O2/c14-11(10-4-2-8-15-10)13-7-5-9-3-1-6-12-9/h9-10,12H,1-8H2,(H,13,14)/t9-,10-/m0/s1. The van der Waals surface area contributed by atoms with Gasteiger partial charge in [-0.2, -0.15) is 0 Å². The van der Waals surface area contributed by atoms with E-state index in [-0.39, 0.29) is 12.0 Å². The molecule has 0 aliphatic carbocycles. The SMILES string of the molecule is O=C(NCC[C@@H]1CCCN1)[C@@H]1CCCO1. The molecule has 0 unspecified atom stereocenters. The smallest absolute Gasteiger partial charge is 0.249 e. The van der Waals surface area contributed by atoms with Gasteiger partial charge in [-0.3, -0.25) is 4.79 Å². The minimum absolute atomic E-state index is 0.0745. The molecule has 15 heavy (non-hydrogen) atoms. The van der Waals surface area contributed by atoms with Gasteiger partial charge in [0, 0.05) is 19.2 Å². The average Bonchev–Trinajstić information content (AvgIpc) is 2.90. The van der Waals surface area contributed by atoms with Gasteiger partial charge in [-0.25, -0.2) is 0 Å². The summed E-state index contributed by atoms with van der Waals surface area (Å²) < 4.78 is 5.31. The molecule has 0 aromatic carbocycles. The Morgan fingerprint density at radius 1 is 1.40 bits per heavy atom. The fourth-order valence-electron chi connectivity index (χ4n) is 2.27. The highest BCUT2D eigenvalue weighted by atomic mass is 16.5. The average molecular weight is 212 g/mol. The number of carbonyl (C=O) groups excluding carboxylic acids is 1. The van der Waals surface area contributed by atoms with E-state index in [1.807, 2.05) is 0 Å². The van der Waals surface area contributed by atoms with Crippen LogP contribution in [0, 0.1) is 0 Å². The summed E-state index contributed by atoms with van der Waals surface area (Å²) in [6.07, 6.45) is 5.27. The van der Waals surface area contributed by atoms with Gasteiger partial charge < -0.3 is 15.4 Å². The van der Waals surface area contributed by atoms with E-state index in [4.69, 9.17) is 4.74 Å². The van der Waals surface area contributed by atoms with Gasteiger partial charge in [0.05, 0.1) is 0 Å². The molecule has 0 saturated carbocycles. The molecule has 2 rings (SSSR count). The monoisotopic (exact) mass is 212 g/mol. The van der Waals surface area contributed by atoms with Crippen LogP contribution in [0.15, 0.2) is 0 Å². The van der Waals surface area contributed by atoms with Crippen LogP contribution >= 0.6 is 0 Å². The molecule has 2 fully saturated rings. The van der Waals surface area contributed by atoms with Crippen molar-refractivity contribution in [3.8, 4) is 0 Å². The van der Waals surface area contributed by atoms with Crippen molar-refractivity contribution in [3.05, 3.63) is 0 Å². The Hall–Kier alpha value is -0.610. The van der Waals surface area contributed by atoms with E-state index in [1.54, 1.807) is 0 Å². The van der Waals surface area contributed by atoms with Crippen LogP contribution in [0.2, 0.25) is 0 Å². The number of carbonyl (C=O) groups is 1. The second kappa shape index (κ2) is 5.47. The van der Waals surface area contributed by atoms with Crippen molar-refractivity contribution >= 4 is 5.91 Å². The van der Waals surface area contributed by atoms with Crippen LogP contribution in [0.3, 0.4) is 0 Å².